The van der Waals surface area contributed by atoms with Gasteiger partial charge in [0, 0.05) is 13.2 Å². The molecule has 0 aliphatic heterocycles. The van der Waals surface area contributed by atoms with E-state index in [1.165, 1.54) is 16.7 Å². The summed E-state index contributed by atoms with van der Waals surface area (Å²) in [4.78, 5) is 12.0. The molecule has 1 amide bonds. The highest BCUT2D eigenvalue weighted by molar-refractivity contribution is 5.68. The standard InChI is InChI=1S/C20H32N2O3/c1-7-24-17-11-16(22-19(23)25-20(4,5)6)18(17)21-12-15-10-8-9-13(2)14(15)3/h8-10,16-18,21H,7,11-12H2,1-6H3,(H,22,23). The Morgan fingerprint density at radius 3 is 2.64 bits per heavy atom. The molecule has 0 bridgehead atoms. The zero-order valence-electron chi connectivity index (χ0n) is 16.3. The second-order valence-corrected chi connectivity index (χ2v) is 7.75. The highest BCUT2D eigenvalue weighted by Crippen LogP contribution is 2.26. The zero-order valence-corrected chi connectivity index (χ0v) is 16.3. The summed E-state index contributed by atoms with van der Waals surface area (Å²) in [5.74, 6) is 0. The van der Waals surface area contributed by atoms with Gasteiger partial charge < -0.3 is 20.1 Å². The molecule has 2 rings (SSSR count). The Morgan fingerprint density at radius 1 is 1.28 bits per heavy atom. The molecule has 1 saturated carbocycles. The second kappa shape index (κ2) is 8.19. The van der Waals surface area contributed by atoms with Crippen molar-refractivity contribution in [1.82, 2.24) is 10.6 Å². The van der Waals surface area contributed by atoms with Crippen molar-refractivity contribution >= 4 is 6.09 Å². The Hall–Kier alpha value is -1.59. The SMILES string of the molecule is CCOC1CC(NC(=O)OC(C)(C)C)C1NCc1cccc(C)c1C. The fraction of sp³-hybridized carbons (Fsp3) is 0.650. The van der Waals surface area contributed by atoms with E-state index in [1.807, 2.05) is 27.7 Å². The zero-order chi connectivity index (χ0) is 18.6. The van der Waals surface area contributed by atoms with Crippen LogP contribution in [0.15, 0.2) is 18.2 Å². The number of benzene rings is 1. The van der Waals surface area contributed by atoms with Crippen LogP contribution in [0.4, 0.5) is 4.79 Å². The predicted octanol–water partition coefficient (Wildman–Crippen LogP) is 3.46. The molecular formula is C20H32N2O3. The smallest absolute Gasteiger partial charge is 0.407 e. The molecule has 5 heteroatoms. The molecule has 1 aromatic rings. The minimum atomic E-state index is -0.491. The topological polar surface area (TPSA) is 59.6 Å². The predicted molar refractivity (Wildman–Crippen MR) is 99.7 cm³/mol. The van der Waals surface area contributed by atoms with Crippen LogP contribution in [0.25, 0.3) is 0 Å². The van der Waals surface area contributed by atoms with E-state index in [-0.39, 0.29) is 24.3 Å². The fourth-order valence-corrected chi connectivity index (χ4v) is 3.11. The van der Waals surface area contributed by atoms with Crippen LogP contribution in [0.5, 0.6) is 0 Å². The molecule has 140 valence electrons. The number of ether oxygens (including phenoxy) is 2. The van der Waals surface area contributed by atoms with Crippen molar-refractivity contribution in [1.29, 1.82) is 0 Å². The normalized spacial score (nSPS) is 23.0. The highest BCUT2D eigenvalue weighted by Gasteiger charge is 2.42. The van der Waals surface area contributed by atoms with Crippen LogP contribution >= 0.6 is 0 Å². The molecule has 1 aromatic carbocycles. The minimum absolute atomic E-state index is 0.0246. The number of hydrogen-bond acceptors (Lipinski definition) is 4. The molecular weight excluding hydrogens is 316 g/mol. The summed E-state index contributed by atoms with van der Waals surface area (Å²) in [5.41, 5.74) is 3.38. The summed E-state index contributed by atoms with van der Waals surface area (Å²) in [6.45, 7) is 13.3. The molecule has 1 fully saturated rings. The van der Waals surface area contributed by atoms with E-state index in [2.05, 4.69) is 42.7 Å². The molecule has 25 heavy (non-hydrogen) atoms. The van der Waals surface area contributed by atoms with E-state index in [0.29, 0.717) is 6.61 Å². The number of alkyl carbamates (subject to hydrolysis) is 1. The average molecular weight is 348 g/mol. The van der Waals surface area contributed by atoms with Gasteiger partial charge in [-0.05, 0) is 64.7 Å². The molecule has 0 spiro atoms. The Labute approximate surface area is 151 Å². The quantitative estimate of drug-likeness (QED) is 0.826. The number of carbonyl (C=O) groups excluding carboxylic acids is 1. The van der Waals surface area contributed by atoms with Crippen LogP contribution < -0.4 is 10.6 Å². The molecule has 0 heterocycles. The lowest BCUT2D eigenvalue weighted by Gasteiger charge is -2.45. The van der Waals surface area contributed by atoms with Gasteiger partial charge in [-0.3, -0.25) is 0 Å². The Morgan fingerprint density at radius 2 is 2.00 bits per heavy atom. The molecule has 0 saturated heterocycles. The Balaban J connectivity index is 1.95. The van der Waals surface area contributed by atoms with Crippen molar-refractivity contribution in [3.8, 4) is 0 Å². The van der Waals surface area contributed by atoms with E-state index in [0.717, 1.165) is 13.0 Å². The number of nitrogens with one attached hydrogen (secondary N) is 2. The lowest BCUT2D eigenvalue weighted by molar-refractivity contribution is -0.0438. The van der Waals surface area contributed by atoms with E-state index in [1.54, 1.807) is 0 Å². The largest absolute Gasteiger partial charge is 0.444 e. The first-order chi connectivity index (χ1) is 11.7. The van der Waals surface area contributed by atoms with Gasteiger partial charge in [0.2, 0.25) is 0 Å². The maximum atomic E-state index is 12.0. The number of hydrogen-bond donors (Lipinski definition) is 2. The van der Waals surface area contributed by atoms with E-state index in [4.69, 9.17) is 9.47 Å². The summed E-state index contributed by atoms with van der Waals surface area (Å²) < 4.78 is 11.2. The summed E-state index contributed by atoms with van der Waals surface area (Å²) in [5, 5.41) is 6.53. The van der Waals surface area contributed by atoms with Gasteiger partial charge in [0.05, 0.1) is 18.2 Å². The first-order valence-electron chi connectivity index (χ1n) is 9.11. The van der Waals surface area contributed by atoms with Crippen LogP contribution in [0.2, 0.25) is 0 Å². The lowest BCUT2D eigenvalue weighted by atomic mass is 9.82. The Kier molecular flexibility index (Phi) is 6.47. The summed E-state index contributed by atoms with van der Waals surface area (Å²) in [6, 6.07) is 6.46. The highest BCUT2D eigenvalue weighted by atomic mass is 16.6. The first kappa shape index (κ1) is 19.7. The van der Waals surface area contributed by atoms with Crippen molar-refractivity contribution in [2.45, 2.75) is 78.3 Å². The molecule has 3 atom stereocenters. The average Bonchev–Trinajstić information content (AvgIpc) is 2.48. The van der Waals surface area contributed by atoms with Gasteiger partial charge in [0.15, 0.2) is 0 Å². The fourth-order valence-electron chi connectivity index (χ4n) is 3.11. The molecule has 1 aliphatic carbocycles. The molecule has 2 N–H and O–H groups in total. The third-order valence-electron chi connectivity index (χ3n) is 4.65. The summed E-state index contributed by atoms with van der Waals surface area (Å²) in [7, 11) is 0. The van der Waals surface area contributed by atoms with Crippen molar-refractivity contribution < 1.29 is 14.3 Å². The maximum absolute atomic E-state index is 12.0. The van der Waals surface area contributed by atoms with Gasteiger partial charge in [0.1, 0.15) is 5.60 Å². The van der Waals surface area contributed by atoms with Crippen molar-refractivity contribution in [3.05, 3.63) is 34.9 Å². The van der Waals surface area contributed by atoms with E-state index in [9.17, 15) is 4.79 Å². The molecule has 0 aromatic heterocycles. The number of rotatable bonds is 6. The molecule has 1 aliphatic rings. The van der Waals surface area contributed by atoms with E-state index >= 15 is 0 Å². The minimum Gasteiger partial charge on any atom is -0.444 e. The number of carbonyl (C=O) groups is 1. The van der Waals surface area contributed by atoms with Crippen LogP contribution in [0.3, 0.4) is 0 Å². The Bertz CT molecular complexity index is 595. The maximum Gasteiger partial charge on any atom is 0.407 e. The van der Waals surface area contributed by atoms with E-state index < -0.39 is 5.60 Å². The van der Waals surface area contributed by atoms with Crippen molar-refractivity contribution in [2.24, 2.45) is 0 Å². The first-order valence-corrected chi connectivity index (χ1v) is 9.11. The number of amides is 1. The molecule has 5 nitrogen and oxygen atoms in total. The lowest BCUT2D eigenvalue weighted by Crippen LogP contribution is -2.66. The van der Waals surface area contributed by atoms with Gasteiger partial charge in [-0.25, -0.2) is 4.79 Å². The molecule has 0 radical (unpaired) electrons. The monoisotopic (exact) mass is 348 g/mol. The van der Waals surface area contributed by atoms with Gasteiger partial charge >= 0.3 is 6.09 Å². The molecule has 3 unspecified atom stereocenters. The third kappa shape index (κ3) is 5.44. The van der Waals surface area contributed by atoms with Crippen LogP contribution in [-0.4, -0.2) is 36.5 Å². The van der Waals surface area contributed by atoms with Gasteiger partial charge in [-0.1, -0.05) is 18.2 Å². The van der Waals surface area contributed by atoms with Crippen molar-refractivity contribution in [3.63, 3.8) is 0 Å². The van der Waals surface area contributed by atoms with Gasteiger partial charge in [-0.15, -0.1) is 0 Å². The second-order valence-electron chi connectivity index (χ2n) is 7.75. The van der Waals surface area contributed by atoms with Crippen LogP contribution in [0.1, 0.15) is 50.8 Å². The third-order valence-corrected chi connectivity index (χ3v) is 4.65. The number of aryl methyl sites for hydroxylation is 1. The van der Waals surface area contributed by atoms with Gasteiger partial charge in [0.25, 0.3) is 0 Å². The summed E-state index contributed by atoms with van der Waals surface area (Å²) in [6.07, 6.45) is 0.554. The van der Waals surface area contributed by atoms with Crippen molar-refractivity contribution in [2.75, 3.05) is 6.61 Å². The van der Waals surface area contributed by atoms with Crippen LogP contribution in [-0.2, 0) is 16.0 Å². The van der Waals surface area contributed by atoms with Crippen LogP contribution in [0, 0.1) is 13.8 Å². The summed E-state index contributed by atoms with van der Waals surface area (Å²) >= 11 is 0. The van der Waals surface area contributed by atoms with Gasteiger partial charge in [-0.2, -0.15) is 0 Å².